The van der Waals surface area contributed by atoms with Crippen molar-refractivity contribution in [3.05, 3.63) is 12.2 Å². The number of rotatable bonds is 25. The van der Waals surface area contributed by atoms with Crippen LogP contribution in [0.25, 0.3) is 0 Å². The number of amides is 1. The first-order valence-electron chi connectivity index (χ1n) is 14.4. The Morgan fingerprint density at radius 2 is 1.18 bits per heavy atom. The smallest absolute Gasteiger partial charge is 0.219 e. The number of nitrogens with zero attached hydrogens (tertiary/aromatic N) is 1. The summed E-state index contributed by atoms with van der Waals surface area (Å²) >= 11 is 0. The van der Waals surface area contributed by atoms with Crippen molar-refractivity contribution in [1.82, 2.24) is 5.32 Å². The Balaban J connectivity index is 0. The van der Waals surface area contributed by atoms with Crippen LogP contribution in [0.1, 0.15) is 129 Å². The van der Waals surface area contributed by atoms with E-state index in [0.29, 0.717) is 6.42 Å². The van der Waals surface area contributed by atoms with Crippen molar-refractivity contribution in [3.63, 3.8) is 0 Å². The standard InChI is InChI=1S/C29H58N2O2.ClH/c1-4-5-6-7-8-9-10-11-12-13-14-15-16-17-18-19-20-21-22-24-29(33)30-25-23-26-31(2,3)27-28-32;/h11-12,32H,4-10,13-28H2,1-3H3;1H. The maximum absolute atomic E-state index is 11.9. The minimum atomic E-state index is 0. The van der Waals surface area contributed by atoms with Gasteiger partial charge in [0.2, 0.25) is 5.91 Å². The highest BCUT2D eigenvalue weighted by atomic mass is 35.5. The summed E-state index contributed by atoms with van der Waals surface area (Å²) in [5.41, 5.74) is 0. The van der Waals surface area contributed by atoms with Crippen molar-refractivity contribution in [3.8, 4) is 0 Å². The molecule has 5 heteroatoms. The first kappa shape index (κ1) is 35.6. The summed E-state index contributed by atoms with van der Waals surface area (Å²) in [6, 6.07) is 0. The van der Waals surface area contributed by atoms with Gasteiger partial charge in [0, 0.05) is 19.4 Å². The second kappa shape index (κ2) is 27.0. The number of likely N-dealkylation sites (N-methyl/N-ethyl adjacent to an activating group) is 1. The van der Waals surface area contributed by atoms with E-state index in [1.165, 1.54) is 103 Å². The Labute approximate surface area is 219 Å². The SMILES string of the molecule is CCCCCCCCC=CCCCCCCCCCCCC(=O)NCCC[N+](C)(C)CCO.[Cl-]. The van der Waals surface area contributed by atoms with Gasteiger partial charge in [-0.2, -0.15) is 0 Å². The van der Waals surface area contributed by atoms with E-state index in [0.717, 1.165) is 37.0 Å². The fraction of sp³-hybridized carbons (Fsp3) is 0.897. The second-order valence-corrected chi connectivity index (χ2v) is 10.6. The summed E-state index contributed by atoms with van der Waals surface area (Å²) in [5, 5.41) is 12.1. The molecule has 0 aliphatic heterocycles. The average Bonchev–Trinajstić information content (AvgIpc) is 2.78. The molecule has 0 rings (SSSR count). The van der Waals surface area contributed by atoms with Gasteiger partial charge in [0.05, 0.1) is 27.2 Å². The lowest BCUT2D eigenvalue weighted by molar-refractivity contribution is -0.890. The summed E-state index contributed by atoms with van der Waals surface area (Å²) in [6.07, 6.45) is 28.9. The maximum Gasteiger partial charge on any atom is 0.219 e. The molecule has 0 aromatic carbocycles. The summed E-state index contributed by atoms with van der Waals surface area (Å²) in [6.45, 7) is 5.00. The zero-order valence-corrected chi connectivity index (χ0v) is 23.9. The van der Waals surface area contributed by atoms with Gasteiger partial charge in [0.25, 0.3) is 0 Å². The third-order valence-corrected chi connectivity index (χ3v) is 6.63. The van der Waals surface area contributed by atoms with Gasteiger partial charge in [0.1, 0.15) is 6.54 Å². The summed E-state index contributed by atoms with van der Waals surface area (Å²) in [7, 11) is 4.24. The number of aliphatic hydroxyl groups is 1. The molecule has 204 valence electrons. The molecule has 0 aliphatic carbocycles. The van der Waals surface area contributed by atoms with E-state index >= 15 is 0 Å². The Hall–Kier alpha value is -0.580. The summed E-state index contributed by atoms with van der Waals surface area (Å²) < 4.78 is 0.808. The van der Waals surface area contributed by atoms with Crippen molar-refractivity contribution in [2.45, 2.75) is 129 Å². The largest absolute Gasteiger partial charge is 1.00 e. The molecule has 0 radical (unpaired) electrons. The molecule has 4 nitrogen and oxygen atoms in total. The molecule has 1 amide bonds. The van der Waals surface area contributed by atoms with Crippen molar-refractivity contribution < 1.29 is 26.8 Å². The van der Waals surface area contributed by atoms with Gasteiger partial charge >= 0.3 is 0 Å². The number of hydrogen-bond acceptors (Lipinski definition) is 2. The zero-order chi connectivity index (χ0) is 24.5. The highest BCUT2D eigenvalue weighted by Gasteiger charge is 2.13. The van der Waals surface area contributed by atoms with Crippen LogP contribution in [0, 0.1) is 0 Å². The van der Waals surface area contributed by atoms with Gasteiger partial charge in [-0.25, -0.2) is 0 Å². The lowest BCUT2D eigenvalue weighted by Crippen LogP contribution is -3.00. The molecule has 34 heavy (non-hydrogen) atoms. The van der Waals surface area contributed by atoms with Gasteiger partial charge in [0.15, 0.2) is 0 Å². The normalized spacial score (nSPS) is 11.6. The van der Waals surface area contributed by atoms with E-state index in [-0.39, 0.29) is 24.9 Å². The van der Waals surface area contributed by atoms with E-state index in [4.69, 9.17) is 5.11 Å². The van der Waals surface area contributed by atoms with Crippen molar-refractivity contribution >= 4 is 5.91 Å². The molecular formula is C29H59ClN2O2. The van der Waals surface area contributed by atoms with E-state index < -0.39 is 0 Å². The van der Waals surface area contributed by atoms with Gasteiger partial charge in [-0.3, -0.25) is 4.79 Å². The molecule has 0 atom stereocenters. The Kier molecular flexibility index (Phi) is 28.3. The van der Waals surface area contributed by atoms with Crippen LogP contribution < -0.4 is 17.7 Å². The number of carbonyl (C=O) groups excluding carboxylic acids is 1. The molecule has 0 heterocycles. The molecule has 0 saturated carbocycles. The fourth-order valence-electron chi connectivity index (χ4n) is 4.27. The second-order valence-electron chi connectivity index (χ2n) is 10.6. The molecule has 2 N–H and O–H groups in total. The van der Waals surface area contributed by atoms with E-state index in [1.807, 2.05) is 0 Å². The number of carbonyl (C=O) groups is 1. The first-order chi connectivity index (χ1) is 16.0. The van der Waals surface area contributed by atoms with Gasteiger partial charge < -0.3 is 27.3 Å². The maximum atomic E-state index is 11.9. The predicted molar refractivity (Wildman–Crippen MR) is 144 cm³/mol. The lowest BCUT2D eigenvalue weighted by atomic mass is 10.1. The molecule has 0 bridgehead atoms. The molecule has 0 spiro atoms. The van der Waals surface area contributed by atoms with Gasteiger partial charge in [-0.05, 0) is 32.1 Å². The van der Waals surface area contributed by atoms with Crippen molar-refractivity contribution in [1.29, 1.82) is 0 Å². The number of nitrogens with one attached hydrogen (secondary N) is 1. The van der Waals surface area contributed by atoms with E-state index in [2.05, 4.69) is 38.5 Å². The topological polar surface area (TPSA) is 49.3 Å². The first-order valence-corrected chi connectivity index (χ1v) is 14.4. The number of allylic oxidation sites excluding steroid dienone is 2. The fourth-order valence-corrected chi connectivity index (χ4v) is 4.27. The van der Waals surface area contributed by atoms with Crippen LogP contribution in [0.4, 0.5) is 0 Å². The lowest BCUT2D eigenvalue weighted by Gasteiger charge is -2.28. The number of aliphatic hydroxyl groups excluding tert-OH is 1. The van der Waals surface area contributed by atoms with Crippen LogP contribution in [0.5, 0.6) is 0 Å². The molecule has 0 saturated heterocycles. The average molecular weight is 503 g/mol. The van der Waals surface area contributed by atoms with Crippen LogP contribution in [-0.4, -0.2) is 55.8 Å². The quantitative estimate of drug-likeness (QED) is 0.112. The van der Waals surface area contributed by atoms with E-state index in [9.17, 15) is 4.79 Å². The van der Waals surface area contributed by atoms with Crippen LogP contribution in [0.2, 0.25) is 0 Å². The van der Waals surface area contributed by atoms with Crippen molar-refractivity contribution in [2.75, 3.05) is 40.3 Å². The number of unbranched alkanes of at least 4 members (excludes halogenated alkanes) is 15. The summed E-state index contributed by atoms with van der Waals surface area (Å²) in [4.78, 5) is 11.9. The molecule has 0 aromatic rings. The van der Waals surface area contributed by atoms with Gasteiger partial charge in [-0.15, -0.1) is 0 Å². The van der Waals surface area contributed by atoms with E-state index in [1.54, 1.807) is 0 Å². The molecule has 0 aromatic heterocycles. The number of quaternary nitrogens is 1. The number of halogens is 1. The van der Waals surface area contributed by atoms with Crippen LogP contribution in [0.3, 0.4) is 0 Å². The van der Waals surface area contributed by atoms with Crippen molar-refractivity contribution in [2.24, 2.45) is 0 Å². The molecule has 0 unspecified atom stereocenters. The van der Waals surface area contributed by atoms with Crippen LogP contribution in [-0.2, 0) is 4.79 Å². The zero-order valence-electron chi connectivity index (χ0n) is 23.1. The summed E-state index contributed by atoms with van der Waals surface area (Å²) in [5.74, 6) is 0.198. The molecule has 0 fully saturated rings. The van der Waals surface area contributed by atoms with Gasteiger partial charge in [-0.1, -0.05) is 96.1 Å². The third kappa shape index (κ3) is 27.7. The highest BCUT2D eigenvalue weighted by molar-refractivity contribution is 5.75. The van der Waals surface area contributed by atoms with Crippen LogP contribution in [0.15, 0.2) is 12.2 Å². The number of hydrogen-bond donors (Lipinski definition) is 2. The van der Waals surface area contributed by atoms with Crippen LogP contribution >= 0.6 is 0 Å². The minimum absolute atomic E-state index is 0. The minimum Gasteiger partial charge on any atom is -1.00 e. The monoisotopic (exact) mass is 502 g/mol. The Morgan fingerprint density at radius 1 is 0.706 bits per heavy atom. The Morgan fingerprint density at radius 3 is 1.68 bits per heavy atom. The Bertz CT molecular complexity index is 455. The predicted octanol–water partition coefficient (Wildman–Crippen LogP) is 4.16. The highest BCUT2D eigenvalue weighted by Crippen LogP contribution is 2.12. The molecule has 0 aliphatic rings. The third-order valence-electron chi connectivity index (χ3n) is 6.63. The molecular weight excluding hydrogens is 444 g/mol.